The van der Waals surface area contributed by atoms with Crippen molar-refractivity contribution in [1.82, 2.24) is 0 Å². The fraction of sp³-hybridized carbons (Fsp3) is 0. The van der Waals surface area contributed by atoms with Crippen molar-refractivity contribution in [1.29, 1.82) is 0 Å². The van der Waals surface area contributed by atoms with E-state index in [1.165, 1.54) is 24.3 Å². The maximum absolute atomic E-state index is 12.8. The van der Waals surface area contributed by atoms with Crippen LogP contribution in [0.25, 0.3) is 10.8 Å². The molecule has 0 saturated carbocycles. The number of carbonyl (C=O) groups is 2. The number of carboxylic acid groups (broad SMARTS) is 2. The largest absolute Gasteiger partial charge is 0.478 e. The molecule has 0 aromatic heterocycles. The number of rotatable bonds is 6. The molecule has 10 nitrogen and oxygen atoms in total. The molecule has 0 amide bonds. The van der Waals surface area contributed by atoms with Crippen LogP contribution < -0.4 is 4.18 Å². The van der Waals surface area contributed by atoms with Gasteiger partial charge in [0.15, 0.2) is 0 Å². The minimum atomic E-state index is -4.58. The van der Waals surface area contributed by atoms with Gasteiger partial charge in [-0.1, -0.05) is 18.2 Å². The van der Waals surface area contributed by atoms with Crippen LogP contribution in [-0.4, -0.2) is 35.5 Å². The van der Waals surface area contributed by atoms with Crippen molar-refractivity contribution in [3.63, 3.8) is 0 Å². The first kappa shape index (κ1) is 19.8. The molecule has 0 saturated heterocycles. The second-order valence-corrected chi connectivity index (χ2v) is 7.26. The Morgan fingerprint density at radius 2 is 1.55 bits per heavy atom. The van der Waals surface area contributed by atoms with Crippen LogP contribution in [0.1, 0.15) is 20.7 Å². The van der Waals surface area contributed by atoms with Crippen LogP contribution in [0.4, 0.5) is 5.69 Å². The summed E-state index contributed by atoms with van der Waals surface area (Å²) >= 11 is 0. The molecule has 2 N–H and O–H groups in total. The molecule has 148 valence electrons. The third kappa shape index (κ3) is 3.71. The highest BCUT2D eigenvalue weighted by Gasteiger charge is 2.25. The molecule has 3 aromatic carbocycles. The van der Waals surface area contributed by atoms with Gasteiger partial charge < -0.3 is 14.4 Å². The summed E-state index contributed by atoms with van der Waals surface area (Å²) in [7, 11) is -4.58. The average molecular weight is 417 g/mol. The Balaban J connectivity index is 2.22. The first-order valence-electron chi connectivity index (χ1n) is 7.83. The van der Waals surface area contributed by atoms with Crippen LogP contribution in [0.2, 0.25) is 0 Å². The van der Waals surface area contributed by atoms with Gasteiger partial charge in [0.25, 0.3) is 5.69 Å². The van der Waals surface area contributed by atoms with E-state index in [-0.39, 0.29) is 16.5 Å². The van der Waals surface area contributed by atoms with Gasteiger partial charge in [-0.05, 0) is 24.3 Å². The third-order valence-corrected chi connectivity index (χ3v) is 5.27. The molecule has 3 aromatic rings. The van der Waals surface area contributed by atoms with Crippen LogP contribution in [-0.2, 0) is 10.1 Å². The zero-order chi connectivity index (χ0) is 21.3. The predicted molar refractivity (Wildman–Crippen MR) is 98.8 cm³/mol. The van der Waals surface area contributed by atoms with Crippen LogP contribution >= 0.6 is 0 Å². The van der Waals surface area contributed by atoms with Crippen molar-refractivity contribution in [2.45, 2.75) is 4.90 Å². The fourth-order valence-corrected chi connectivity index (χ4v) is 3.90. The highest BCUT2D eigenvalue weighted by molar-refractivity contribution is 7.87. The molecule has 0 fully saturated rings. The second kappa shape index (κ2) is 7.20. The van der Waals surface area contributed by atoms with E-state index in [9.17, 15) is 38.3 Å². The normalized spacial score (nSPS) is 11.2. The minimum Gasteiger partial charge on any atom is -0.478 e. The van der Waals surface area contributed by atoms with Crippen LogP contribution in [0.3, 0.4) is 0 Å². The summed E-state index contributed by atoms with van der Waals surface area (Å²) in [5.41, 5.74) is -1.18. The summed E-state index contributed by atoms with van der Waals surface area (Å²) in [6, 6.07) is 10.1. The molecule has 11 heteroatoms. The highest BCUT2D eigenvalue weighted by atomic mass is 32.2. The van der Waals surface area contributed by atoms with Crippen molar-refractivity contribution in [3.8, 4) is 5.75 Å². The number of nitrogens with zero attached hydrogens (tertiary/aromatic N) is 1. The van der Waals surface area contributed by atoms with Crippen LogP contribution in [0, 0.1) is 10.1 Å². The number of hydrogen-bond acceptors (Lipinski definition) is 7. The second-order valence-electron chi connectivity index (χ2n) is 5.74. The first-order valence-corrected chi connectivity index (χ1v) is 9.24. The minimum absolute atomic E-state index is 0.171. The maximum Gasteiger partial charge on any atom is 0.339 e. The molecule has 3 rings (SSSR count). The SMILES string of the molecule is O=C(O)c1cccc2c(S(=O)(=O)Oc3cccc([N+](=O)[O-])c3)ccc(C(=O)O)c12. The topological polar surface area (TPSA) is 161 Å². The average Bonchev–Trinajstić information content (AvgIpc) is 2.66. The van der Waals surface area contributed by atoms with Crippen molar-refractivity contribution >= 4 is 38.5 Å². The summed E-state index contributed by atoms with van der Waals surface area (Å²) < 4.78 is 30.5. The Morgan fingerprint density at radius 3 is 2.17 bits per heavy atom. The maximum atomic E-state index is 12.8. The summed E-state index contributed by atoms with van der Waals surface area (Å²) in [6.45, 7) is 0. The first-order chi connectivity index (χ1) is 13.6. The van der Waals surface area contributed by atoms with Crippen molar-refractivity contribution < 1.29 is 37.3 Å². The molecule has 0 unspecified atom stereocenters. The zero-order valence-corrected chi connectivity index (χ0v) is 15.1. The van der Waals surface area contributed by atoms with Gasteiger partial charge in [0.05, 0.1) is 22.1 Å². The van der Waals surface area contributed by atoms with E-state index in [0.29, 0.717) is 0 Å². The molecule has 0 radical (unpaired) electrons. The number of benzene rings is 3. The number of carboxylic acids is 2. The van der Waals surface area contributed by atoms with Gasteiger partial charge in [0.1, 0.15) is 10.6 Å². The molecule has 0 aliphatic rings. The van der Waals surface area contributed by atoms with E-state index in [2.05, 4.69) is 0 Å². The van der Waals surface area contributed by atoms with Gasteiger partial charge in [-0.2, -0.15) is 8.42 Å². The van der Waals surface area contributed by atoms with Crippen molar-refractivity contribution in [2.24, 2.45) is 0 Å². The Bertz CT molecular complexity index is 1260. The van der Waals surface area contributed by atoms with E-state index in [1.54, 1.807) is 0 Å². The predicted octanol–water partition coefficient (Wildman–Crippen LogP) is 2.91. The lowest BCUT2D eigenvalue weighted by molar-refractivity contribution is -0.384. The lowest BCUT2D eigenvalue weighted by Gasteiger charge is -2.12. The lowest BCUT2D eigenvalue weighted by atomic mass is 9.99. The number of hydrogen-bond donors (Lipinski definition) is 2. The molecule has 29 heavy (non-hydrogen) atoms. The van der Waals surface area contributed by atoms with Crippen molar-refractivity contribution in [3.05, 3.63) is 75.8 Å². The van der Waals surface area contributed by atoms with Gasteiger partial charge in [-0.15, -0.1) is 0 Å². The Hall–Kier alpha value is -3.99. The van der Waals surface area contributed by atoms with Gasteiger partial charge in [0, 0.05) is 16.8 Å². The number of nitro groups is 1. The third-order valence-electron chi connectivity index (χ3n) is 3.97. The molecule has 0 bridgehead atoms. The number of fused-ring (bicyclic) bond motifs is 1. The van der Waals surface area contributed by atoms with Gasteiger partial charge >= 0.3 is 22.1 Å². The zero-order valence-electron chi connectivity index (χ0n) is 14.3. The summed E-state index contributed by atoms with van der Waals surface area (Å²) in [6.07, 6.45) is 0. The monoisotopic (exact) mass is 417 g/mol. The standard InChI is InChI=1S/C18H11NO9S/c20-17(21)13-6-2-5-12-15(8-7-14(16(12)13)18(22)23)29(26,27)28-11-4-1-3-10(9-11)19(24)25/h1-9H,(H,20,21)(H,22,23). The van der Waals surface area contributed by atoms with E-state index in [0.717, 1.165) is 30.3 Å². The fourth-order valence-electron chi connectivity index (χ4n) is 2.77. The van der Waals surface area contributed by atoms with Crippen LogP contribution in [0.15, 0.2) is 59.5 Å². The molecule has 0 aliphatic carbocycles. The van der Waals surface area contributed by atoms with Crippen LogP contribution in [0.5, 0.6) is 5.75 Å². The van der Waals surface area contributed by atoms with Gasteiger partial charge in [0.2, 0.25) is 0 Å². The Morgan fingerprint density at radius 1 is 0.931 bits per heavy atom. The molecule has 0 heterocycles. The van der Waals surface area contributed by atoms with E-state index in [4.69, 9.17) is 4.18 Å². The number of nitro benzene ring substituents is 1. The highest BCUT2D eigenvalue weighted by Crippen LogP contribution is 2.31. The van der Waals surface area contributed by atoms with Crippen molar-refractivity contribution in [2.75, 3.05) is 0 Å². The summed E-state index contributed by atoms with van der Waals surface area (Å²) in [4.78, 5) is 32.7. The molecule has 0 atom stereocenters. The molecule has 0 aliphatic heterocycles. The molecular weight excluding hydrogens is 406 g/mol. The number of aromatic carboxylic acids is 2. The van der Waals surface area contributed by atoms with Gasteiger partial charge in [-0.25, -0.2) is 9.59 Å². The Kier molecular flexibility index (Phi) is 4.91. The van der Waals surface area contributed by atoms with E-state index < -0.39 is 48.7 Å². The quantitative estimate of drug-likeness (QED) is 0.349. The smallest absolute Gasteiger partial charge is 0.339 e. The lowest BCUT2D eigenvalue weighted by Crippen LogP contribution is -2.12. The summed E-state index contributed by atoms with van der Waals surface area (Å²) in [5.74, 6) is -3.21. The Labute approximate surface area is 162 Å². The molecular formula is C18H11NO9S. The van der Waals surface area contributed by atoms with E-state index in [1.807, 2.05) is 0 Å². The van der Waals surface area contributed by atoms with Gasteiger partial charge in [-0.3, -0.25) is 10.1 Å². The van der Waals surface area contributed by atoms with E-state index >= 15 is 0 Å². The number of non-ortho nitro benzene ring substituents is 1. The molecule has 0 spiro atoms. The summed E-state index contributed by atoms with van der Waals surface area (Å²) in [5, 5.41) is 29.1.